The summed E-state index contributed by atoms with van der Waals surface area (Å²) in [5.41, 5.74) is 0.192. The molecule has 0 radical (unpaired) electrons. The summed E-state index contributed by atoms with van der Waals surface area (Å²) in [6.07, 6.45) is 3.05. The second-order valence-electron chi connectivity index (χ2n) is 3.93. The van der Waals surface area contributed by atoms with Gasteiger partial charge in [-0.15, -0.1) is 0 Å². The minimum absolute atomic E-state index is 0.192. The van der Waals surface area contributed by atoms with Crippen LogP contribution in [-0.4, -0.2) is 36.7 Å². The number of hydrogen-bond acceptors (Lipinski definition) is 2. The van der Waals surface area contributed by atoms with Gasteiger partial charge in [-0.2, -0.15) is 0 Å². The normalized spacial score (nSPS) is 48.0. The molecule has 10 heavy (non-hydrogen) atoms. The highest BCUT2D eigenvalue weighted by Crippen LogP contribution is 2.34. The van der Waals surface area contributed by atoms with E-state index in [1.807, 2.05) is 0 Å². The van der Waals surface area contributed by atoms with Gasteiger partial charge in [-0.3, -0.25) is 0 Å². The number of morpholine rings is 1. The number of hydrogen-bond donors (Lipinski definition) is 0. The quantitative estimate of drug-likeness (QED) is 0.496. The molecular weight excluding hydrogens is 126 g/mol. The van der Waals surface area contributed by atoms with Crippen LogP contribution in [0, 0.1) is 0 Å². The van der Waals surface area contributed by atoms with Crippen LogP contribution < -0.4 is 0 Å². The van der Waals surface area contributed by atoms with Crippen LogP contribution in [0.25, 0.3) is 0 Å². The predicted molar refractivity (Wildman–Crippen MR) is 40.0 cm³/mol. The molecule has 0 N–H and O–H groups in total. The molecule has 2 bridgehead atoms. The zero-order chi connectivity index (χ0) is 7.19. The highest BCUT2D eigenvalue weighted by molar-refractivity contribution is 4.92. The van der Waals surface area contributed by atoms with E-state index in [4.69, 9.17) is 4.74 Å². The van der Waals surface area contributed by atoms with Crippen molar-refractivity contribution in [2.24, 2.45) is 0 Å². The Hall–Kier alpha value is -0.0800. The first kappa shape index (κ1) is 6.62. The summed E-state index contributed by atoms with van der Waals surface area (Å²) in [6.45, 7) is 4.47. The molecule has 58 valence electrons. The van der Waals surface area contributed by atoms with Gasteiger partial charge in [0.1, 0.15) is 0 Å². The number of ether oxygens (including phenoxy) is 1. The van der Waals surface area contributed by atoms with Crippen LogP contribution in [0.4, 0.5) is 0 Å². The molecule has 0 aromatic heterocycles. The largest absolute Gasteiger partial charge is 0.369 e. The second-order valence-corrected chi connectivity index (χ2v) is 3.93. The SMILES string of the molecule is CN1CC2CCC(C)(C1)O2. The lowest BCUT2D eigenvalue weighted by Gasteiger charge is -2.35. The molecule has 2 heteroatoms. The maximum atomic E-state index is 5.81. The first-order valence-corrected chi connectivity index (χ1v) is 4.04. The Morgan fingerprint density at radius 3 is 3.10 bits per heavy atom. The van der Waals surface area contributed by atoms with Crippen molar-refractivity contribution in [3.05, 3.63) is 0 Å². The Kier molecular flexibility index (Phi) is 1.29. The van der Waals surface area contributed by atoms with Crippen LogP contribution in [0.15, 0.2) is 0 Å². The Labute approximate surface area is 62.2 Å². The lowest BCUT2D eigenvalue weighted by Crippen LogP contribution is -2.46. The summed E-state index contributed by atoms with van der Waals surface area (Å²) in [5, 5.41) is 0. The number of rotatable bonds is 0. The molecule has 2 fully saturated rings. The van der Waals surface area contributed by atoms with Crippen LogP contribution in [0.1, 0.15) is 19.8 Å². The smallest absolute Gasteiger partial charge is 0.0786 e. The van der Waals surface area contributed by atoms with E-state index >= 15 is 0 Å². The number of likely N-dealkylation sites (N-methyl/N-ethyl adjacent to an activating group) is 1. The van der Waals surface area contributed by atoms with E-state index in [0.717, 1.165) is 13.1 Å². The minimum Gasteiger partial charge on any atom is -0.369 e. The zero-order valence-electron chi connectivity index (χ0n) is 6.76. The molecule has 0 saturated carbocycles. The average molecular weight is 141 g/mol. The molecule has 0 amide bonds. The van der Waals surface area contributed by atoms with Crippen molar-refractivity contribution >= 4 is 0 Å². The van der Waals surface area contributed by atoms with Crippen LogP contribution >= 0.6 is 0 Å². The van der Waals surface area contributed by atoms with Crippen molar-refractivity contribution in [3.8, 4) is 0 Å². The van der Waals surface area contributed by atoms with Gasteiger partial charge in [0.25, 0.3) is 0 Å². The molecule has 2 aliphatic heterocycles. The molecule has 2 saturated heterocycles. The monoisotopic (exact) mass is 141 g/mol. The van der Waals surface area contributed by atoms with Gasteiger partial charge < -0.3 is 9.64 Å². The Bertz CT molecular complexity index is 148. The lowest BCUT2D eigenvalue weighted by molar-refractivity contribution is -0.0915. The van der Waals surface area contributed by atoms with Gasteiger partial charge in [0.2, 0.25) is 0 Å². The molecule has 2 atom stereocenters. The summed E-state index contributed by atoms with van der Waals surface area (Å²) >= 11 is 0. The fourth-order valence-electron chi connectivity index (χ4n) is 2.21. The van der Waals surface area contributed by atoms with Gasteiger partial charge in [-0.25, -0.2) is 0 Å². The van der Waals surface area contributed by atoms with E-state index in [2.05, 4.69) is 18.9 Å². The minimum atomic E-state index is 0.192. The first-order chi connectivity index (χ1) is 4.68. The van der Waals surface area contributed by atoms with Crippen molar-refractivity contribution in [1.82, 2.24) is 4.90 Å². The second kappa shape index (κ2) is 1.95. The van der Waals surface area contributed by atoms with Gasteiger partial charge in [-0.05, 0) is 26.8 Å². The topological polar surface area (TPSA) is 12.5 Å². The maximum Gasteiger partial charge on any atom is 0.0786 e. The van der Waals surface area contributed by atoms with Crippen molar-refractivity contribution < 1.29 is 4.74 Å². The third-order valence-corrected chi connectivity index (χ3v) is 2.57. The van der Waals surface area contributed by atoms with E-state index in [9.17, 15) is 0 Å². The predicted octanol–water partition coefficient (Wildman–Crippen LogP) is 0.869. The molecule has 0 aromatic rings. The Morgan fingerprint density at radius 1 is 1.60 bits per heavy atom. The molecule has 2 rings (SSSR count). The summed E-state index contributed by atoms with van der Waals surface area (Å²) in [4.78, 5) is 2.38. The zero-order valence-corrected chi connectivity index (χ0v) is 6.76. The molecular formula is C8H15NO. The summed E-state index contributed by atoms with van der Waals surface area (Å²) < 4.78 is 5.81. The Balaban J connectivity index is 2.13. The molecule has 0 spiro atoms. The first-order valence-electron chi connectivity index (χ1n) is 4.04. The van der Waals surface area contributed by atoms with Gasteiger partial charge in [-0.1, -0.05) is 0 Å². The third kappa shape index (κ3) is 0.956. The lowest BCUT2D eigenvalue weighted by atomic mass is 10.0. The summed E-state index contributed by atoms with van der Waals surface area (Å²) in [7, 11) is 2.18. The molecule has 2 nitrogen and oxygen atoms in total. The van der Waals surface area contributed by atoms with Crippen LogP contribution in [0.2, 0.25) is 0 Å². The van der Waals surface area contributed by atoms with Crippen molar-refractivity contribution in [2.75, 3.05) is 20.1 Å². The van der Waals surface area contributed by atoms with Gasteiger partial charge in [0.15, 0.2) is 0 Å². The fourth-order valence-corrected chi connectivity index (χ4v) is 2.21. The number of fused-ring (bicyclic) bond motifs is 2. The highest BCUT2D eigenvalue weighted by Gasteiger charge is 2.41. The van der Waals surface area contributed by atoms with Crippen LogP contribution in [0.5, 0.6) is 0 Å². The molecule has 0 aliphatic carbocycles. The van der Waals surface area contributed by atoms with Crippen LogP contribution in [0.3, 0.4) is 0 Å². The van der Waals surface area contributed by atoms with E-state index in [1.165, 1.54) is 12.8 Å². The van der Waals surface area contributed by atoms with E-state index in [-0.39, 0.29) is 5.60 Å². The highest BCUT2D eigenvalue weighted by atomic mass is 16.5. The molecule has 2 aliphatic rings. The molecule has 2 heterocycles. The molecule has 0 aromatic carbocycles. The number of nitrogens with zero attached hydrogens (tertiary/aromatic N) is 1. The van der Waals surface area contributed by atoms with Crippen LogP contribution in [-0.2, 0) is 4.74 Å². The maximum absolute atomic E-state index is 5.81. The summed E-state index contributed by atoms with van der Waals surface area (Å²) in [6, 6.07) is 0. The molecule has 2 unspecified atom stereocenters. The number of likely N-dealkylation sites (tertiary alicyclic amines) is 1. The third-order valence-electron chi connectivity index (χ3n) is 2.57. The van der Waals surface area contributed by atoms with Crippen molar-refractivity contribution in [2.45, 2.75) is 31.5 Å². The summed E-state index contributed by atoms with van der Waals surface area (Å²) in [5.74, 6) is 0. The van der Waals surface area contributed by atoms with Gasteiger partial charge in [0, 0.05) is 13.1 Å². The van der Waals surface area contributed by atoms with Gasteiger partial charge >= 0.3 is 0 Å². The van der Waals surface area contributed by atoms with E-state index in [1.54, 1.807) is 0 Å². The Morgan fingerprint density at radius 2 is 2.40 bits per heavy atom. The average Bonchev–Trinajstić information content (AvgIpc) is 2.06. The van der Waals surface area contributed by atoms with E-state index in [0.29, 0.717) is 6.10 Å². The van der Waals surface area contributed by atoms with Crippen molar-refractivity contribution in [3.63, 3.8) is 0 Å². The van der Waals surface area contributed by atoms with Gasteiger partial charge in [0.05, 0.1) is 11.7 Å². The van der Waals surface area contributed by atoms with Crippen molar-refractivity contribution in [1.29, 1.82) is 0 Å². The fraction of sp³-hybridized carbons (Fsp3) is 1.00. The van der Waals surface area contributed by atoms with E-state index < -0.39 is 0 Å². The standard InChI is InChI=1S/C8H15NO/c1-8-4-3-7(10-8)5-9(2)6-8/h7H,3-6H2,1-2H3.